The first-order valence-corrected chi connectivity index (χ1v) is 12.2. The van der Waals surface area contributed by atoms with Gasteiger partial charge in [0.25, 0.3) is 4.90 Å². The molecule has 2 saturated heterocycles. The fraction of sp³-hybridized carbons (Fsp3) is 0.444. The minimum absolute atomic E-state index is 0.125. The Hall–Kier alpha value is -1.84. The molecule has 4 heterocycles. The van der Waals surface area contributed by atoms with Crippen LogP contribution in [-0.2, 0) is 27.4 Å². The standard InChI is InChI=1S/C18H21N4O3S2/c23-26-7-6-15-16(26)17(19-14-10-27(24,25)11-14)21-18(20-15)22-8-13(9-22)12-4-2-1-3-5-12/h1-5,13-14,23H,6-11H2,(H,19,20,21)/q+1. The normalized spacial score (nSPS) is 24.2. The second-order valence-corrected chi connectivity index (χ2v) is 11.1. The Labute approximate surface area is 161 Å². The van der Waals surface area contributed by atoms with Crippen molar-refractivity contribution in [3.63, 3.8) is 0 Å². The number of aromatic nitrogens is 2. The van der Waals surface area contributed by atoms with E-state index in [1.165, 1.54) is 5.56 Å². The number of benzene rings is 1. The molecule has 7 nitrogen and oxygen atoms in total. The van der Waals surface area contributed by atoms with E-state index in [0.717, 1.165) is 30.1 Å². The molecule has 27 heavy (non-hydrogen) atoms. The minimum atomic E-state index is -2.91. The van der Waals surface area contributed by atoms with Gasteiger partial charge < -0.3 is 10.2 Å². The molecule has 142 valence electrons. The number of nitrogens with one attached hydrogen (secondary N) is 1. The van der Waals surface area contributed by atoms with Crippen LogP contribution in [0.4, 0.5) is 11.8 Å². The van der Waals surface area contributed by atoms with Gasteiger partial charge in [-0.25, -0.2) is 13.4 Å². The summed E-state index contributed by atoms with van der Waals surface area (Å²) in [6.45, 7) is 1.73. The van der Waals surface area contributed by atoms with Gasteiger partial charge in [0, 0.05) is 25.4 Å². The van der Waals surface area contributed by atoms with Gasteiger partial charge in [0.2, 0.25) is 5.95 Å². The zero-order valence-electron chi connectivity index (χ0n) is 14.7. The van der Waals surface area contributed by atoms with E-state index in [1.54, 1.807) is 0 Å². The number of fused-ring (bicyclic) bond motifs is 1. The van der Waals surface area contributed by atoms with Crippen molar-refractivity contribution in [3.05, 3.63) is 41.6 Å². The van der Waals surface area contributed by atoms with Crippen LogP contribution in [0.2, 0.25) is 0 Å². The maximum absolute atomic E-state index is 11.5. The highest BCUT2D eigenvalue weighted by Crippen LogP contribution is 2.36. The van der Waals surface area contributed by atoms with Gasteiger partial charge in [0.15, 0.2) is 32.6 Å². The molecule has 1 aromatic carbocycles. The third-order valence-corrected chi connectivity index (χ3v) is 8.69. The van der Waals surface area contributed by atoms with Crippen LogP contribution in [0.25, 0.3) is 0 Å². The van der Waals surface area contributed by atoms with Crippen LogP contribution in [0.5, 0.6) is 0 Å². The highest BCUT2D eigenvalue weighted by molar-refractivity contribution is 7.93. The largest absolute Gasteiger partial charge is 0.361 e. The Morgan fingerprint density at radius 3 is 2.59 bits per heavy atom. The van der Waals surface area contributed by atoms with Crippen molar-refractivity contribution in [2.45, 2.75) is 23.3 Å². The van der Waals surface area contributed by atoms with E-state index < -0.39 is 21.0 Å². The predicted octanol–water partition coefficient (Wildman–Crippen LogP) is 1.30. The molecule has 0 aliphatic carbocycles. The van der Waals surface area contributed by atoms with Gasteiger partial charge in [-0.3, -0.25) is 0 Å². The van der Waals surface area contributed by atoms with Crippen molar-refractivity contribution in [2.24, 2.45) is 0 Å². The summed E-state index contributed by atoms with van der Waals surface area (Å²) in [4.78, 5) is 12.3. The molecule has 2 fully saturated rings. The summed E-state index contributed by atoms with van der Waals surface area (Å²) in [7, 11) is -2.91. The fourth-order valence-electron chi connectivity index (χ4n) is 3.85. The van der Waals surface area contributed by atoms with Crippen LogP contribution in [-0.4, -0.2) is 59.3 Å². The quantitative estimate of drug-likeness (QED) is 0.740. The SMILES string of the molecule is O=S1(=O)CC(Nc2nc(N3CC(c4ccccc4)C3)nc3c2[S+](O)CC3)C1. The summed E-state index contributed by atoms with van der Waals surface area (Å²) in [5.74, 6) is 2.67. The molecular weight excluding hydrogens is 384 g/mol. The first-order valence-electron chi connectivity index (χ1n) is 9.06. The number of sulfone groups is 1. The number of rotatable bonds is 4. The smallest absolute Gasteiger partial charge is 0.253 e. The second kappa shape index (κ2) is 6.35. The van der Waals surface area contributed by atoms with Crippen LogP contribution in [0.3, 0.4) is 0 Å². The van der Waals surface area contributed by atoms with E-state index in [1.807, 2.05) is 6.07 Å². The lowest BCUT2D eigenvalue weighted by Crippen LogP contribution is -2.48. The average Bonchev–Trinajstić information content (AvgIpc) is 2.94. The molecule has 3 aliphatic heterocycles. The van der Waals surface area contributed by atoms with Crippen molar-refractivity contribution in [1.82, 2.24) is 9.97 Å². The lowest BCUT2D eigenvalue weighted by molar-refractivity contribution is 0.512. The van der Waals surface area contributed by atoms with Crippen LogP contribution < -0.4 is 10.2 Å². The van der Waals surface area contributed by atoms with Crippen molar-refractivity contribution >= 4 is 32.8 Å². The Morgan fingerprint density at radius 2 is 1.89 bits per heavy atom. The maximum atomic E-state index is 11.5. The van der Waals surface area contributed by atoms with Crippen molar-refractivity contribution in [3.8, 4) is 0 Å². The number of hydrogen-bond donors (Lipinski definition) is 2. The molecule has 0 saturated carbocycles. The second-order valence-electron chi connectivity index (χ2n) is 7.40. The highest BCUT2D eigenvalue weighted by Gasteiger charge is 2.42. The minimum Gasteiger partial charge on any atom is -0.361 e. The molecule has 0 amide bonds. The molecule has 1 atom stereocenters. The van der Waals surface area contributed by atoms with Crippen molar-refractivity contribution < 1.29 is 13.0 Å². The zero-order chi connectivity index (χ0) is 18.6. The average molecular weight is 406 g/mol. The monoisotopic (exact) mass is 405 g/mol. The van der Waals surface area contributed by atoms with Crippen molar-refractivity contribution in [1.29, 1.82) is 0 Å². The molecule has 5 rings (SSSR count). The molecule has 0 spiro atoms. The van der Waals surface area contributed by atoms with Gasteiger partial charge in [-0.05, 0) is 5.56 Å². The molecule has 2 N–H and O–H groups in total. The van der Waals surface area contributed by atoms with Crippen LogP contribution in [0, 0.1) is 0 Å². The predicted molar refractivity (Wildman–Crippen MR) is 106 cm³/mol. The molecule has 9 heteroatoms. The topological polar surface area (TPSA) is 95.4 Å². The number of anilines is 2. The summed E-state index contributed by atoms with van der Waals surface area (Å²) < 4.78 is 33.3. The molecule has 1 unspecified atom stereocenters. The molecule has 0 radical (unpaired) electrons. The summed E-state index contributed by atoms with van der Waals surface area (Å²) in [5.41, 5.74) is 2.21. The Kier molecular flexibility index (Phi) is 4.06. The fourth-order valence-corrected chi connectivity index (χ4v) is 6.49. The van der Waals surface area contributed by atoms with Gasteiger partial charge in [-0.15, -0.1) is 0 Å². The van der Waals surface area contributed by atoms with Gasteiger partial charge in [-0.2, -0.15) is 9.54 Å². The van der Waals surface area contributed by atoms with E-state index in [4.69, 9.17) is 4.98 Å². The molecule has 2 aromatic rings. The number of aryl methyl sites for hydroxylation is 1. The first-order chi connectivity index (χ1) is 13.0. The highest BCUT2D eigenvalue weighted by atomic mass is 32.2. The molecule has 3 aliphatic rings. The summed E-state index contributed by atoms with van der Waals surface area (Å²) >= 11 is -0.870. The Bertz CT molecular complexity index is 966. The van der Waals surface area contributed by atoms with Gasteiger partial charge in [0.1, 0.15) is 5.69 Å². The van der Waals surface area contributed by atoms with E-state index >= 15 is 0 Å². The molecular formula is C18H21N4O3S2+. The lowest BCUT2D eigenvalue weighted by atomic mass is 9.92. The third-order valence-electron chi connectivity index (χ3n) is 5.38. The lowest BCUT2D eigenvalue weighted by Gasteiger charge is -2.39. The van der Waals surface area contributed by atoms with E-state index in [0.29, 0.717) is 23.4 Å². The first kappa shape index (κ1) is 17.3. The van der Waals surface area contributed by atoms with Crippen molar-refractivity contribution in [2.75, 3.05) is 40.6 Å². The van der Waals surface area contributed by atoms with Gasteiger partial charge in [-0.1, -0.05) is 30.3 Å². The summed E-state index contributed by atoms with van der Waals surface area (Å²) in [6.07, 6.45) is 0.734. The Balaban J connectivity index is 1.37. The summed E-state index contributed by atoms with van der Waals surface area (Å²) in [6, 6.07) is 10.3. The number of hydrogen-bond acceptors (Lipinski definition) is 7. The Morgan fingerprint density at radius 1 is 1.15 bits per heavy atom. The number of nitrogens with zero attached hydrogens (tertiary/aromatic N) is 3. The third kappa shape index (κ3) is 3.17. The van der Waals surface area contributed by atoms with E-state index in [2.05, 4.69) is 39.5 Å². The maximum Gasteiger partial charge on any atom is 0.253 e. The van der Waals surface area contributed by atoms with Crippen LogP contribution in [0.15, 0.2) is 35.2 Å². The van der Waals surface area contributed by atoms with E-state index in [9.17, 15) is 13.0 Å². The van der Waals surface area contributed by atoms with Gasteiger partial charge >= 0.3 is 0 Å². The summed E-state index contributed by atoms with van der Waals surface area (Å²) in [5, 5.41) is 3.24. The van der Waals surface area contributed by atoms with Gasteiger partial charge in [0.05, 0.1) is 17.5 Å². The van der Waals surface area contributed by atoms with Crippen LogP contribution >= 0.6 is 0 Å². The molecule has 1 aromatic heterocycles. The zero-order valence-corrected chi connectivity index (χ0v) is 16.3. The molecule has 0 bridgehead atoms. The van der Waals surface area contributed by atoms with Crippen LogP contribution in [0.1, 0.15) is 17.2 Å². The van der Waals surface area contributed by atoms with E-state index in [-0.39, 0.29) is 17.5 Å².